The molecule has 0 radical (unpaired) electrons. The van der Waals surface area contributed by atoms with Crippen molar-refractivity contribution >= 4 is 29.0 Å². The number of imidazole rings is 1. The molecule has 0 fully saturated rings. The third-order valence-corrected chi connectivity index (χ3v) is 4.69. The average Bonchev–Trinajstić information content (AvgIpc) is 3.11. The number of non-ortho nitro benzene ring substituents is 1. The van der Waals surface area contributed by atoms with Crippen molar-refractivity contribution in [2.45, 2.75) is 17.3 Å². The van der Waals surface area contributed by atoms with Crippen molar-refractivity contribution in [3.05, 3.63) is 70.7 Å². The maximum absolute atomic E-state index is 13.0. The van der Waals surface area contributed by atoms with Gasteiger partial charge in [-0.1, -0.05) is 17.8 Å². The summed E-state index contributed by atoms with van der Waals surface area (Å²) < 4.78 is 13.0. The van der Waals surface area contributed by atoms with Crippen LogP contribution < -0.4 is 5.32 Å². The van der Waals surface area contributed by atoms with E-state index >= 15 is 0 Å². The Balaban J connectivity index is 1.64. The highest BCUT2D eigenvalue weighted by atomic mass is 32.2. The molecular formula is C18H15FN4O3S. The van der Waals surface area contributed by atoms with Crippen LogP contribution in [-0.2, 0) is 4.79 Å². The molecule has 3 aromatic rings. The van der Waals surface area contributed by atoms with Crippen molar-refractivity contribution in [3.8, 4) is 11.3 Å². The third-order valence-electron chi connectivity index (χ3n) is 3.69. The molecule has 2 aromatic carbocycles. The van der Waals surface area contributed by atoms with Gasteiger partial charge < -0.3 is 10.3 Å². The van der Waals surface area contributed by atoms with E-state index in [1.165, 1.54) is 42.1 Å². The first-order valence-electron chi connectivity index (χ1n) is 7.95. The fourth-order valence-electron chi connectivity index (χ4n) is 2.30. The molecule has 0 saturated carbocycles. The molecule has 0 aliphatic heterocycles. The number of hydrogen-bond acceptors (Lipinski definition) is 5. The molecule has 0 spiro atoms. The molecule has 0 saturated heterocycles. The monoisotopic (exact) mass is 386 g/mol. The molecule has 1 amide bonds. The van der Waals surface area contributed by atoms with E-state index in [0.717, 1.165) is 5.56 Å². The van der Waals surface area contributed by atoms with Gasteiger partial charge in [0.05, 0.1) is 22.1 Å². The number of rotatable bonds is 6. The number of carbonyl (C=O) groups excluding carboxylic acids is 1. The molecular weight excluding hydrogens is 371 g/mol. The number of nitrogens with zero attached hydrogens (tertiary/aromatic N) is 2. The number of nitro groups is 1. The van der Waals surface area contributed by atoms with Crippen LogP contribution in [0.25, 0.3) is 11.3 Å². The van der Waals surface area contributed by atoms with Crippen molar-refractivity contribution in [1.82, 2.24) is 9.97 Å². The van der Waals surface area contributed by atoms with Crippen molar-refractivity contribution in [2.24, 2.45) is 0 Å². The van der Waals surface area contributed by atoms with E-state index in [2.05, 4.69) is 15.3 Å². The van der Waals surface area contributed by atoms with E-state index in [1.807, 2.05) is 0 Å². The minimum Gasteiger partial charge on any atom is -0.333 e. The number of H-pyrrole nitrogens is 1. The molecule has 1 aromatic heterocycles. The summed E-state index contributed by atoms with van der Waals surface area (Å²) in [6, 6.07) is 11.7. The maximum atomic E-state index is 13.0. The highest BCUT2D eigenvalue weighted by molar-refractivity contribution is 8.00. The van der Waals surface area contributed by atoms with Crippen molar-refractivity contribution in [2.75, 3.05) is 5.32 Å². The summed E-state index contributed by atoms with van der Waals surface area (Å²) in [5, 5.41) is 13.5. The summed E-state index contributed by atoms with van der Waals surface area (Å²) in [7, 11) is 0. The van der Waals surface area contributed by atoms with Crippen LogP contribution >= 0.6 is 11.8 Å². The molecule has 1 heterocycles. The second kappa shape index (κ2) is 8.00. The number of aromatic nitrogens is 2. The van der Waals surface area contributed by atoms with Crippen LogP contribution in [0.3, 0.4) is 0 Å². The Labute approximate surface area is 158 Å². The summed E-state index contributed by atoms with van der Waals surface area (Å²) in [6.07, 6.45) is 1.61. The first-order chi connectivity index (χ1) is 12.9. The summed E-state index contributed by atoms with van der Waals surface area (Å²) >= 11 is 1.21. The van der Waals surface area contributed by atoms with Crippen LogP contribution in [0.5, 0.6) is 0 Å². The van der Waals surface area contributed by atoms with Crippen molar-refractivity contribution < 1.29 is 14.1 Å². The van der Waals surface area contributed by atoms with Gasteiger partial charge in [0.25, 0.3) is 5.69 Å². The van der Waals surface area contributed by atoms with Crippen LogP contribution in [-0.4, -0.2) is 26.0 Å². The molecule has 2 N–H and O–H groups in total. The number of thioether (sulfide) groups is 1. The molecule has 138 valence electrons. The first kappa shape index (κ1) is 18.6. The minimum atomic E-state index is -0.520. The zero-order valence-corrected chi connectivity index (χ0v) is 15.0. The zero-order chi connectivity index (χ0) is 19.4. The Morgan fingerprint density at radius 1 is 1.30 bits per heavy atom. The minimum absolute atomic E-state index is 0.0944. The lowest BCUT2D eigenvalue weighted by Crippen LogP contribution is -2.22. The Morgan fingerprint density at radius 2 is 2.04 bits per heavy atom. The maximum Gasteiger partial charge on any atom is 0.271 e. The Morgan fingerprint density at radius 3 is 2.74 bits per heavy atom. The highest BCUT2D eigenvalue weighted by Crippen LogP contribution is 2.26. The van der Waals surface area contributed by atoms with Crippen molar-refractivity contribution in [3.63, 3.8) is 0 Å². The van der Waals surface area contributed by atoms with E-state index < -0.39 is 10.2 Å². The zero-order valence-electron chi connectivity index (χ0n) is 14.2. The SMILES string of the molecule is C[C@@H](Sc1ncc(-c2ccc(F)cc2)[nH]1)C(=O)Nc1cccc([N+](=O)[O-])c1. The number of halogens is 1. The predicted molar refractivity (Wildman–Crippen MR) is 101 cm³/mol. The van der Waals surface area contributed by atoms with Gasteiger partial charge in [0.2, 0.25) is 5.91 Å². The van der Waals surface area contributed by atoms with E-state index in [-0.39, 0.29) is 17.4 Å². The number of anilines is 1. The van der Waals surface area contributed by atoms with E-state index in [0.29, 0.717) is 16.5 Å². The Hall–Kier alpha value is -3.20. The fraction of sp³-hybridized carbons (Fsp3) is 0.111. The molecule has 9 heteroatoms. The van der Waals surface area contributed by atoms with E-state index in [9.17, 15) is 19.3 Å². The summed E-state index contributed by atoms with van der Waals surface area (Å²) in [6.45, 7) is 1.71. The van der Waals surface area contributed by atoms with E-state index in [4.69, 9.17) is 0 Å². The largest absolute Gasteiger partial charge is 0.333 e. The smallest absolute Gasteiger partial charge is 0.271 e. The van der Waals surface area contributed by atoms with Crippen LogP contribution in [0.15, 0.2) is 59.9 Å². The van der Waals surface area contributed by atoms with Gasteiger partial charge in [0.1, 0.15) is 5.82 Å². The molecule has 27 heavy (non-hydrogen) atoms. The summed E-state index contributed by atoms with van der Waals surface area (Å²) in [4.78, 5) is 29.9. The number of hydrogen-bond donors (Lipinski definition) is 2. The van der Waals surface area contributed by atoms with Crippen LogP contribution in [0.4, 0.5) is 15.8 Å². The van der Waals surface area contributed by atoms with Crippen LogP contribution in [0.1, 0.15) is 6.92 Å². The van der Waals surface area contributed by atoms with Gasteiger partial charge >= 0.3 is 0 Å². The van der Waals surface area contributed by atoms with Gasteiger partial charge in [-0.15, -0.1) is 0 Å². The summed E-state index contributed by atoms with van der Waals surface area (Å²) in [5.41, 5.74) is 1.75. The molecule has 0 aliphatic carbocycles. The number of nitro benzene ring substituents is 1. The second-order valence-corrected chi connectivity index (χ2v) is 7.00. The number of amides is 1. The standard InChI is InChI=1S/C18H15FN4O3S/c1-11(17(24)21-14-3-2-4-15(9-14)23(25)26)27-18-20-10-16(22-18)12-5-7-13(19)8-6-12/h2-11H,1H3,(H,20,22)(H,21,24)/t11-/m1/s1. The van der Waals surface area contributed by atoms with Gasteiger partial charge in [-0.05, 0) is 42.8 Å². The van der Waals surface area contributed by atoms with Gasteiger partial charge in [-0.25, -0.2) is 9.37 Å². The number of carbonyl (C=O) groups is 1. The molecule has 0 bridgehead atoms. The van der Waals surface area contributed by atoms with Gasteiger partial charge in [0.15, 0.2) is 5.16 Å². The third kappa shape index (κ3) is 4.70. The fourth-order valence-corrected chi connectivity index (χ4v) is 3.08. The lowest BCUT2D eigenvalue weighted by Gasteiger charge is -2.10. The topological polar surface area (TPSA) is 101 Å². The molecule has 1 atom stereocenters. The lowest BCUT2D eigenvalue weighted by molar-refractivity contribution is -0.384. The van der Waals surface area contributed by atoms with Gasteiger partial charge in [-0.2, -0.15) is 0 Å². The van der Waals surface area contributed by atoms with Crippen molar-refractivity contribution in [1.29, 1.82) is 0 Å². The van der Waals surface area contributed by atoms with E-state index in [1.54, 1.807) is 31.3 Å². The Kier molecular flexibility index (Phi) is 5.51. The molecule has 0 unspecified atom stereocenters. The molecule has 3 rings (SSSR count). The number of nitrogens with one attached hydrogen (secondary N) is 2. The lowest BCUT2D eigenvalue weighted by atomic mass is 10.2. The summed E-state index contributed by atoms with van der Waals surface area (Å²) in [5.74, 6) is -0.625. The van der Waals surface area contributed by atoms with Crippen LogP contribution in [0.2, 0.25) is 0 Å². The number of aromatic amines is 1. The molecule has 7 nitrogen and oxygen atoms in total. The highest BCUT2D eigenvalue weighted by Gasteiger charge is 2.17. The Bertz CT molecular complexity index is 975. The quantitative estimate of drug-likeness (QED) is 0.375. The average molecular weight is 386 g/mol. The molecule has 0 aliphatic rings. The van der Waals surface area contributed by atoms with Crippen LogP contribution in [0, 0.1) is 15.9 Å². The normalized spacial score (nSPS) is 11.8. The second-order valence-electron chi connectivity index (χ2n) is 5.67. The van der Waals surface area contributed by atoms with Gasteiger partial charge in [0, 0.05) is 17.8 Å². The predicted octanol–water partition coefficient (Wildman–Crippen LogP) is 4.24. The van der Waals surface area contributed by atoms with Gasteiger partial charge in [-0.3, -0.25) is 14.9 Å². The number of benzene rings is 2. The first-order valence-corrected chi connectivity index (χ1v) is 8.83.